The van der Waals surface area contributed by atoms with E-state index in [4.69, 9.17) is 26.2 Å². The summed E-state index contributed by atoms with van der Waals surface area (Å²) in [5, 5.41) is 32.7. The maximum Gasteiger partial charge on any atom is 1.00 e. The summed E-state index contributed by atoms with van der Waals surface area (Å²) < 4.78 is 0. The van der Waals surface area contributed by atoms with Crippen LogP contribution < -0.4 is 46.5 Å². The molecule has 0 aliphatic heterocycles. The van der Waals surface area contributed by atoms with E-state index in [1.807, 2.05) is 0 Å². The van der Waals surface area contributed by atoms with Gasteiger partial charge in [0.15, 0.2) is 0 Å². The molecule has 0 fully saturated rings. The Kier molecular flexibility index (Phi) is 21.4. The molecule has 10 nitrogen and oxygen atoms in total. The molecule has 11 heteroatoms. The zero-order chi connectivity index (χ0) is 11.7. The van der Waals surface area contributed by atoms with Gasteiger partial charge < -0.3 is 42.2 Å². The molecule has 16 heavy (non-hydrogen) atoms. The van der Waals surface area contributed by atoms with E-state index in [9.17, 15) is 14.7 Å². The molecule has 0 aromatic carbocycles. The Balaban J connectivity index is -0.000000105. The summed E-state index contributed by atoms with van der Waals surface area (Å²) in [6.07, 6.45) is -0.327. The third-order valence-corrected chi connectivity index (χ3v) is 0.972. The number of nitrogens with two attached hydrogens (primary N) is 1. The summed E-state index contributed by atoms with van der Waals surface area (Å²) in [6.45, 7) is 0. The fourth-order valence-electron chi connectivity index (χ4n) is 0.397. The van der Waals surface area contributed by atoms with Crippen LogP contribution in [0.5, 0.6) is 0 Å². The van der Waals surface area contributed by atoms with Crippen LogP contribution in [0, 0.1) is 15.3 Å². The smallest absolute Gasteiger partial charge is 0.548 e. The Morgan fingerprint density at radius 1 is 1.38 bits per heavy atom. The maximum atomic E-state index is 9.88. The van der Waals surface area contributed by atoms with Gasteiger partial charge in [0.1, 0.15) is 0 Å². The van der Waals surface area contributed by atoms with E-state index in [0.29, 0.717) is 0 Å². The SMILES string of the molecule is N[C@@H](CCC(=O)O)C(=O)[O-].O=[N+]([O-])[O-].[NH4+].[Na+]. The van der Waals surface area contributed by atoms with Gasteiger partial charge in [0.25, 0.3) is 0 Å². The van der Waals surface area contributed by atoms with Crippen molar-refractivity contribution in [2.24, 2.45) is 5.73 Å². The number of carboxylic acid groups (broad SMARTS) is 2. The number of carbonyl (C=O) groups excluding carboxylic acids is 1. The van der Waals surface area contributed by atoms with Crippen LogP contribution in [-0.4, -0.2) is 28.2 Å². The van der Waals surface area contributed by atoms with Crippen molar-refractivity contribution in [2.45, 2.75) is 18.9 Å². The molecule has 0 radical (unpaired) electrons. The molecular formula is C5H12N3NaO7. The van der Waals surface area contributed by atoms with Gasteiger partial charge in [-0.3, -0.25) is 4.79 Å². The fraction of sp³-hybridized carbons (Fsp3) is 0.600. The van der Waals surface area contributed by atoms with Gasteiger partial charge in [-0.25, -0.2) is 0 Å². The van der Waals surface area contributed by atoms with Gasteiger partial charge in [0.05, 0.1) is 11.1 Å². The molecule has 0 saturated heterocycles. The molecule has 0 saturated carbocycles. The Morgan fingerprint density at radius 2 is 1.69 bits per heavy atom. The van der Waals surface area contributed by atoms with Crippen molar-refractivity contribution in [1.29, 1.82) is 0 Å². The largest absolute Gasteiger partial charge is 1.00 e. The number of rotatable bonds is 4. The van der Waals surface area contributed by atoms with Gasteiger partial charge in [-0.2, -0.15) is 0 Å². The average Bonchev–Trinajstić information content (AvgIpc) is 1.98. The minimum atomic E-state index is -1.75. The van der Waals surface area contributed by atoms with Gasteiger partial charge in [-0.05, 0) is 6.42 Å². The van der Waals surface area contributed by atoms with Crippen LogP contribution in [0.15, 0.2) is 0 Å². The van der Waals surface area contributed by atoms with Gasteiger partial charge in [0.2, 0.25) is 0 Å². The summed E-state index contributed by atoms with van der Waals surface area (Å²) in [5.41, 5.74) is 4.94. The van der Waals surface area contributed by atoms with E-state index in [1.165, 1.54) is 0 Å². The monoisotopic (exact) mass is 249 g/mol. The Morgan fingerprint density at radius 3 is 1.88 bits per heavy atom. The third-order valence-electron chi connectivity index (χ3n) is 0.972. The van der Waals surface area contributed by atoms with Crippen molar-refractivity contribution >= 4 is 11.9 Å². The molecule has 0 unspecified atom stereocenters. The van der Waals surface area contributed by atoms with Crippen molar-refractivity contribution in [2.75, 3.05) is 0 Å². The first-order valence-electron chi connectivity index (χ1n) is 3.27. The van der Waals surface area contributed by atoms with Crippen molar-refractivity contribution in [1.82, 2.24) is 6.15 Å². The zero-order valence-electron chi connectivity index (χ0n) is 8.91. The molecule has 0 aromatic heterocycles. The van der Waals surface area contributed by atoms with Crippen molar-refractivity contribution in [3.05, 3.63) is 15.3 Å². The first-order valence-corrected chi connectivity index (χ1v) is 3.27. The number of hydrogen-bond donors (Lipinski definition) is 3. The molecule has 0 heterocycles. The van der Waals surface area contributed by atoms with Crippen LogP contribution in [0.2, 0.25) is 0 Å². The van der Waals surface area contributed by atoms with E-state index >= 15 is 0 Å². The number of carboxylic acids is 2. The predicted molar refractivity (Wildman–Crippen MR) is 46.2 cm³/mol. The zero-order valence-corrected chi connectivity index (χ0v) is 10.9. The van der Waals surface area contributed by atoms with E-state index in [1.54, 1.807) is 0 Å². The van der Waals surface area contributed by atoms with Gasteiger partial charge in [-0.15, -0.1) is 0 Å². The molecule has 0 rings (SSSR count). The molecule has 90 valence electrons. The summed E-state index contributed by atoms with van der Waals surface area (Å²) in [7, 11) is 0. The summed E-state index contributed by atoms with van der Waals surface area (Å²) >= 11 is 0. The third kappa shape index (κ3) is 29.2. The molecule has 0 spiro atoms. The van der Waals surface area contributed by atoms with Crippen molar-refractivity contribution in [3.63, 3.8) is 0 Å². The summed E-state index contributed by atoms with van der Waals surface area (Å²) in [4.78, 5) is 28.0. The standard InChI is InChI=1S/C5H9NO4.NO3.H3N.Na/c6-3(5(9)10)1-2-4(7)8;2-1(3)4;;/h3H,1-2,6H2,(H,7,8)(H,9,10);;1H3;/q;-1;;+1/t3-;;;/m0.../s1. The minimum Gasteiger partial charge on any atom is -0.548 e. The first kappa shape index (κ1) is 24.3. The molecule has 0 aliphatic carbocycles. The van der Waals surface area contributed by atoms with Crippen LogP contribution in [0.4, 0.5) is 0 Å². The number of quaternary nitrogens is 1. The Labute approximate surface area is 112 Å². The fourth-order valence-corrected chi connectivity index (χ4v) is 0.397. The van der Waals surface area contributed by atoms with Crippen LogP contribution in [0.3, 0.4) is 0 Å². The number of hydrogen-bond acceptors (Lipinski definition) is 7. The van der Waals surface area contributed by atoms with Crippen LogP contribution in [0.25, 0.3) is 0 Å². The van der Waals surface area contributed by atoms with Crippen LogP contribution in [-0.2, 0) is 9.59 Å². The van der Waals surface area contributed by atoms with Gasteiger partial charge in [-0.1, -0.05) is 0 Å². The molecule has 0 bridgehead atoms. The van der Waals surface area contributed by atoms with Crippen LogP contribution >= 0.6 is 0 Å². The minimum absolute atomic E-state index is 0. The van der Waals surface area contributed by atoms with E-state index < -0.39 is 23.1 Å². The average molecular weight is 249 g/mol. The normalized spacial score (nSPS) is 9.31. The molecule has 7 N–H and O–H groups in total. The first-order chi connectivity index (χ1) is 6.27. The molecular weight excluding hydrogens is 237 g/mol. The number of carbonyl (C=O) groups is 2. The number of nitrogens with zero attached hydrogens (tertiary/aromatic N) is 1. The molecule has 0 aromatic rings. The summed E-state index contributed by atoms with van der Waals surface area (Å²) in [6, 6.07) is -1.17. The van der Waals surface area contributed by atoms with E-state index in [0.717, 1.165) is 0 Å². The van der Waals surface area contributed by atoms with Gasteiger partial charge in [0, 0.05) is 12.5 Å². The van der Waals surface area contributed by atoms with E-state index in [-0.39, 0.29) is 48.5 Å². The molecule has 0 aliphatic rings. The van der Waals surface area contributed by atoms with Crippen molar-refractivity contribution in [3.8, 4) is 0 Å². The second-order valence-corrected chi connectivity index (χ2v) is 2.08. The second kappa shape index (κ2) is 14.1. The van der Waals surface area contributed by atoms with Gasteiger partial charge >= 0.3 is 35.5 Å². The van der Waals surface area contributed by atoms with Crippen LogP contribution in [0.1, 0.15) is 12.8 Å². The number of aliphatic carboxylic acids is 2. The quantitative estimate of drug-likeness (QED) is 0.249. The predicted octanol–water partition coefficient (Wildman–Crippen LogP) is -4.93. The Bertz CT molecular complexity index is 220. The maximum absolute atomic E-state index is 9.88. The topological polar surface area (TPSA) is 206 Å². The van der Waals surface area contributed by atoms with E-state index in [2.05, 4.69) is 0 Å². The Hall–Kier alpha value is -0.940. The summed E-state index contributed by atoms with van der Waals surface area (Å²) in [5.74, 6) is -2.47. The van der Waals surface area contributed by atoms with Crippen molar-refractivity contribution < 1.29 is 54.4 Å². The molecule has 0 amide bonds. The second-order valence-electron chi connectivity index (χ2n) is 2.08. The molecule has 1 atom stereocenters.